The molecule has 0 bridgehead atoms. The third-order valence-electron chi connectivity index (χ3n) is 2.81. The Morgan fingerprint density at radius 3 is 2.95 bits per heavy atom. The van der Waals surface area contributed by atoms with Crippen molar-refractivity contribution in [2.24, 2.45) is 5.11 Å². The van der Waals surface area contributed by atoms with E-state index in [0.717, 1.165) is 4.57 Å². The van der Waals surface area contributed by atoms with Gasteiger partial charge in [-0.1, -0.05) is 5.11 Å². The highest BCUT2D eigenvalue weighted by atomic mass is 19.1. The summed E-state index contributed by atoms with van der Waals surface area (Å²) in [5.74, 6) is 0.0162. The van der Waals surface area contributed by atoms with Crippen molar-refractivity contribution >= 4 is 5.82 Å². The third-order valence-corrected chi connectivity index (χ3v) is 2.81. The molecule has 0 aliphatic carbocycles. The number of hydrogen-bond donors (Lipinski definition) is 3. The van der Waals surface area contributed by atoms with Crippen LogP contribution in [0.2, 0.25) is 0 Å². The number of ether oxygens (including phenoxy) is 1. The predicted molar refractivity (Wildman–Crippen MR) is 69.8 cm³/mol. The van der Waals surface area contributed by atoms with E-state index < -0.39 is 44.0 Å². The maximum Gasteiger partial charge on any atom is 0.351 e. The number of aromatic nitrogens is 2. The average Bonchev–Trinajstić information content (AvgIpc) is 2.48. The van der Waals surface area contributed by atoms with Gasteiger partial charge in [-0.3, -0.25) is 4.57 Å². The van der Waals surface area contributed by atoms with Gasteiger partial charge in [-0.15, -0.1) is 0 Å². The van der Waals surface area contributed by atoms with Crippen molar-refractivity contribution in [2.45, 2.75) is 18.4 Å². The lowest BCUT2D eigenvalue weighted by atomic mass is 9.98. The standard InChI is InChI=1S/C10H15FN6O4/c11-3-7(19)10(5-18,4-14-16-13)21-6-17-2-1-8(12)15-9(17)20/h1-2,7,18-19H,3-6H2,(H2,12,15,20)/t7-,10+/m0/s1. The Bertz CT molecular complexity index is 575. The zero-order valence-electron chi connectivity index (χ0n) is 11.0. The van der Waals surface area contributed by atoms with Crippen LogP contribution in [0.4, 0.5) is 10.2 Å². The molecule has 0 radical (unpaired) electrons. The first-order valence-electron chi connectivity index (χ1n) is 5.81. The third kappa shape index (κ3) is 4.13. The van der Waals surface area contributed by atoms with Gasteiger partial charge < -0.3 is 20.7 Å². The van der Waals surface area contributed by atoms with Crippen LogP contribution < -0.4 is 11.4 Å². The highest BCUT2D eigenvalue weighted by molar-refractivity contribution is 5.23. The molecule has 10 nitrogen and oxygen atoms in total. The summed E-state index contributed by atoms with van der Waals surface area (Å²) in [6, 6.07) is 1.34. The summed E-state index contributed by atoms with van der Waals surface area (Å²) < 4.78 is 18.9. The summed E-state index contributed by atoms with van der Waals surface area (Å²) in [6.45, 7) is -2.99. The number of hydrogen-bond acceptors (Lipinski definition) is 7. The molecule has 0 amide bonds. The Labute approximate surface area is 118 Å². The molecule has 1 aromatic heterocycles. The van der Waals surface area contributed by atoms with Gasteiger partial charge in [0.2, 0.25) is 0 Å². The van der Waals surface area contributed by atoms with Crippen LogP contribution in [0.25, 0.3) is 10.4 Å². The average molecular weight is 302 g/mol. The molecule has 0 fully saturated rings. The first-order chi connectivity index (χ1) is 9.99. The van der Waals surface area contributed by atoms with E-state index in [0.29, 0.717) is 0 Å². The number of aliphatic hydroxyl groups excluding tert-OH is 2. The summed E-state index contributed by atoms with van der Waals surface area (Å²) in [6.07, 6.45) is -0.451. The number of halogens is 1. The molecule has 2 atom stereocenters. The van der Waals surface area contributed by atoms with E-state index in [-0.39, 0.29) is 5.82 Å². The predicted octanol–water partition coefficient (Wildman–Crippen LogP) is -0.829. The van der Waals surface area contributed by atoms with Crippen molar-refractivity contribution in [3.8, 4) is 0 Å². The lowest BCUT2D eigenvalue weighted by molar-refractivity contribution is -0.167. The Morgan fingerprint density at radius 2 is 2.43 bits per heavy atom. The van der Waals surface area contributed by atoms with Gasteiger partial charge in [0.1, 0.15) is 30.9 Å². The second kappa shape index (κ2) is 7.55. The second-order valence-electron chi connectivity index (χ2n) is 4.16. The van der Waals surface area contributed by atoms with E-state index in [1.165, 1.54) is 12.3 Å². The van der Waals surface area contributed by atoms with Crippen molar-refractivity contribution in [2.75, 3.05) is 25.6 Å². The molecule has 0 spiro atoms. The minimum absolute atomic E-state index is 0.0162. The van der Waals surface area contributed by atoms with Gasteiger partial charge in [0.25, 0.3) is 0 Å². The summed E-state index contributed by atoms with van der Waals surface area (Å²) in [4.78, 5) is 17.4. The maximum absolute atomic E-state index is 12.7. The number of nitrogen functional groups attached to an aromatic ring is 1. The monoisotopic (exact) mass is 302 g/mol. The second-order valence-corrected chi connectivity index (χ2v) is 4.16. The first-order valence-corrected chi connectivity index (χ1v) is 5.81. The summed E-state index contributed by atoms with van der Waals surface area (Å²) >= 11 is 0. The lowest BCUT2D eigenvalue weighted by Gasteiger charge is -2.33. The van der Waals surface area contributed by atoms with Gasteiger partial charge in [-0.2, -0.15) is 4.98 Å². The maximum atomic E-state index is 12.7. The molecule has 0 saturated heterocycles. The molecule has 0 aliphatic rings. The minimum atomic E-state index is -1.86. The molecule has 0 unspecified atom stereocenters. The first kappa shape index (κ1) is 16.9. The van der Waals surface area contributed by atoms with Gasteiger partial charge in [0, 0.05) is 11.1 Å². The molecule has 116 valence electrons. The molecule has 1 rings (SSSR count). The van der Waals surface area contributed by atoms with Crippen LogP contribution in [0.1, 0.15) is 0 Å². The molecule has 4 N–H and O–H groups in total. The van der Waals surface area contributed by atoms with E-state index >= 15 is 0 Å². The summed E-state index contributed by atoms with van der Waals surface area (Å²) in [5, 5.41) is 22.1. The van der Waals surface area contributed by atoms with Crippen LogP contribution in [0, 0.1) is 0 Å². The van der Waals surface area contributed by atoms with Crippen molar-refractivity contribution in [1.82, 2.24) is 9.55 Å². The summed E-state index contributed by atoms with van der Waals surface area (Å²) in [5.41, 5.74) is 11.0. The molecule has 0 saturated carbocycles. The number of aliphatic hydroxyl groups is 2. The zero-order chi connectivity index (χ0) is 15.9. The number of azide groups is 1. The van der Waals surface area contributed by atoms with Crippen LogP contribution in [-0.4, -0.2) is 51.3 Å². The fraction of sp³-hybridized carbons (Fsp3) is 0.600. The number of rotatable bonds is 8. The minimum Gasteiger partial charge on any atom is -0.393 e. The van der Waals surface area contributed by atoms with E-state index in [9.17, 15) is 19.4 Å². The van der Waals surface area contributed by atoms with Crippen molar-refractivity contribution < 1.29 is 19.3 Å². The van der Waals surface area contributed by atoms with Gasteiger partial charge in [-0.05, 0) is 11.6 Å². The molecule has 1 aromatic rings. The van der Waals surface area contributed by atoms with Crippen molar-refractivity contribution in [1.29, 1.82) is 0 Å². The number of anilines is 1. The molecular weight excluding hydrogens is 287 g/mol. The smallest absolute Gasteiger partial charge is 0.351 e. The Hall–Kier alpha value is -2.20. The fourth-order valence-electron chi connectivity index (χ4n) is 1.48. The number of nitrogens with two attached hydrogens (primary N) is 1. The van der Waals surface area contributed by atoms with Crippen LogP contribution in [0.15, 0.2) is 22.2 Å². The molecule has 21 heavy (non-hydrogen) atoms. The van der Waals surface area contributed by atoms with Crippen molar-refractivity contribution in [3.05, 3.63) is 33.2 Å². The Balaban J connectivity index is 2.95. The van der Waals surface area contributed by atoms with E-state index in [1.54, 1.807) is 0 Å². The number of nitrogens with zero attached hydrogens (tertiary/aromatic N) is 5. The van der Waals surface area contributed by atoms with Crippen LogP contribution in [-0.2, 0) is 11.5 Å². The van der Waals surface area contributed by atoms with Gasteiger partial charge in [-0.25, -0.2) is 9.18 Å². The van der Waals surface area contributed by atoms with Gasteiger partial charge >= 0.3 is 5.69 Å². The molecular formula is C10H15FN6O4. The Kier molecular flexibility index (Phi) is 6.06. The molecule has 11 heteroatoms. The molecule has 1 heterocycles. The Morgan fingerprint density at radius 1 is 1.71 bits per heavy atom. The van der Waals surface area contributed by atoms with Crippen LogP contribution in [0.3, 0.4) is 0 Å². The topological polar surface area (TPSA) is 159 Å². The van der Waals surface area contributed by atoms with E-state index in [1.807, 2.05) is 0 Å². The molecule has 0 aliphatic heterocycles. The normalized spacial score (nSPS) is 15.0. The van der Waals surface area contributed by atoms with Gasteiger partial charge in [0.05, 0.1) is 13.2 Å². The highest BCUT2D eigenvalue weighted by Gasteiger charge is 2.38. The highest BCUT2D eigenvalue weighted by Crippen LogP contribution is 2.18. The largest absolute Gasteiger partial charge is 0.393 e. The van der Waals surface area contributed by atoms with Crippen LogP contribution >= 0.6 is 0 Å². The van der Waals surface area contributed by atoms with Gasteiger partial charge in [0.15, 0.2) is 0 Å². The SMILES string of the molecule is [N-]=[N+]=NC[C@](CO)(OCn1ccc(N)nc1=O)[C@@H](O)CF. The van der Waals surface area contributed by atoms with E-state index in [4.69, 9.17) is 16.0 Å². The fourth-order valence-corrected chi connectivity index (χ4v) is 1.48. The zero-order valence-corrected chi connectivity index (χ0v) is 11.0. The lowest BCUT2D eigenvalue weighted by Crippen LogP contribution is -2.52. The van der Waals surface area contributed by atoms with Crippen LogP contribution in [0.5, 0.6) is 0 Å². The quantitative estimate of drug-likeness (QED) is 0.323. The number of alkyl halides is 1. The van der Waals surface area contributed by atoms with E-state index in [2.05, 4.69) is 15.0 Å². The molecule has 0 aromatic carbocycles. The summed E-state index contributed by atoms with van der Waals surface area (Å²) in [7, 11) is 0. The van der Waals surface area contributed by atoms with Crippen molar-refractivity contribution in [3.63, 3.8) is 0 Å².